The Labute approximate surface area is 211 Å². The number of likely N-dealkylation sites (tertiary alicyclic amines) is 1. The van der Waals surface area contributed by atoms with Crippen molar-refractivity contribution < 1.29 is 14.4 Å². The van der Waals surface area contributed by atoms with Gasteiger partial charge in [-0.3, -0.25) is 4.90 Å². The summed E-state index contributed by atoms with van der Waals surface area (Å²) in [7, 11) is 0. The van der Waals surface area contributed by atoms with E-state index < -0.39 is 5.97 Å². The SMILES string of the molecule is O=C(O)c1ccc(CN2CCC(c3nc(C4(CNCC5C[C@H]5c5ccccc5)CC4)no3)CC2)cc1. The molecule has 2 atom stereocenters. The van der Waals surface area contributed by atoms with Crippen LogP contribution in [-0.2, 0) is 12.0 Å². The van der Waals surface area contributed by atoms with E-state index in [-0.39, 0.29) is 5.41 Å². The molecule has 2 saturated carbocycles. The van der Waals surface area contributed by atoms with Crippen molar-refractivity contribution in [3.05, 3.63) is 83.0 Å². The van der Waals surface area contributed by atoms with Crippen LogP contribution in [0.3, 0.4) is 0 Å². The summed E-state index contributed by atoms with van der Waals surface area (Å²) in [5.41, 5.74) is 3.00. The Morgan fingerprint density at radius 3 is 2.53 bits per heavy atom. The quantitative estimate of drug-likeness (QED) is 0.434. The number of carboxylic acid groups (broad SMARTS) is 1. The zero-order valence-corrected chi connectivity index (χ0v) is 20.6. The number of carbonyl (C=O) groups is 1. The van der Waals surface area contributed by atoms with E-state index in [1.165, 1.54) is 12.0 Å². The van der Waals surface area contributed by atoms with Gasteiger partial charge in [0.2, 0.25) is 5.89 Å². The Balaban J connectivity index is 0.967. The zero-order chi connectivity index (χ0) is 24.5. The summed E-state index contributed by atoms with van der Waals surface area (Å²) in [5, 5.41) is 17.2. The number of nitrogens with zero attached hydrogens (tertiary/aromatic N) is 3. The lowest BCUT2D eigenvalue weighted by molar-refractivity contribution is 0.0697. The lowest BCUT2D eigenvalue weighted by Crippen LogP contribution is -2.32. The molecule has 1 aliphatic heterocycles. The fourth-order valence-electron chi connectivity index (χ4n) is 5.67. The van der Waals surface area contributed by atoms with Crippen molar-refractivity contribution in [3.8, 4) is 0 Å². The fraction of sp³-hybridized carbons (Fsp3) is 0.483. The van der Waals surface area contributed by atoms with E-state index in [4.69, 9.17) is 14.6 Å². The maximum absolute atomic E-state index is 11.0. The van der Waals surface area contributed by atoms with Crippen LogP contribution in [0.15, 0.2) is 59.1 Å². The molecule has 7 nitrogen and oxygen atoms in total. The highest BCUT2D eigenvalue weighted by atomic mass is 16.5. The number of aromatic carboxylic acids is 1. The van der Waals surface area contributed by atoms with E-state index in [9.17, 15) is 4.79 Å². The molecule has 2 aromatic carbocycles. The van der Waals surface area contributed by atoms with Crippen LogP contribution in [0.5, 0.6) is 0 Å². The molecule has 1 saturated heterocycles. The number of rotatable bonds is 10. The highest BCUT2D eigenvalue weighted by molar-refractivity contribution is 5.87. The standard InChI is InChI=1S/C29H34N4O3/c34-27(35)23-8-6-20(7-9-23)18-33-14-10-22(11-15-33)26-31-28(32-36-26)29(12-13-29)19-30-17-24-16-25(24)21-4-2-1-3-5-21/h1-9,22,24-25,30H,10-19H2,(H,34,35)/t24?,25-/m0/s1. The van der Waals surface area contributed by atoms with Crippen LogP contribution in [0, 0.1) is 5.92 Å². The van der Waals surface area contributed by atoms with Gasteiger partial charge >= 0.3 is 5.97 Å². The van der Waals surface area contributed by atoms with Gasteiger partial charge in [-0.25, -0.2) is 4.79 Å². The summed E-state index contributed by atoms with van der Waals surface area (Å²) >= 11 is 0. The molecule has 2 heterocycles. The predicted molar refractivity (Wildman–Crippen MR) is 136 cm³/mol. The molecule has 3 aliphatic rings. The van der Waals surface area contributed by atoms with Crippen LogP contribution in [0.2, 0.25) is 0 Å². The minimum absolute atomic E-state index is 0.0572. The molecule has 0 spiro atoms. The van der Waals surface area contributed by atoms with E-state index in [1.54, 1.807) is 12.1 Å². The molecular weight excluding hydrogens is 452 g/mol. The third-order valence-corrected chi connectivity index (χ3v) is 8.33. The molecule has 3 fully saturated rings. The van der Waals surface area contributed by atoms with Crippen molar-refractivity contribution in [3.63, 3.8) is 0 Å². The van der Waals surface area contributed by atoms with Gasteiger partial charge in [0, 0.05) is 24.4 Å². The summed E-state index contributed by atoms with van der Waals surface area (Å²) in [6.45, 7) is 4.77. The average Bonchev–Trinajstić information content (AvgIpc) is 3.82. The monoisotopic (exact) mass is 486 g/mol. The van der Waals surface area contributed by atoms with Crippen molar-refractivity contribution in [2.24, 2.45) is 5.92 Å². The lowest BCUT2D eigenvalue weighted by Gasteiger charge is -2.30. The Hall–Kier alpha value is -3.03. The van der Waals surface area contributed by atoms with Gasteiger partial charge in [-0.15, -0.1) is 0 Å². The fourth-order valence-corrected chi connectivity index (χ4v) is 5.67. The summed E-state index contributed by atoms with van der Waals surface area (Å²) in [4.78, 5) is 18.3. The van der Waals surface area contributed by atoms with Gasteiger partial charge in [0.25, 0.3) is 0 Å². The third-order valence-electron chi connectivity index (χ3n) is 8.33. The predicted octanol–water partition coefficient (Wildman–Crippen LogP) is 4.57. The van der Waals surface area contributed by atoms with Crippen LogP contribution >= 0.6 is 0 Å². The van der Waals surface area contributed by atoms with E-state index in [2.05, 4.69) is 45.7 Å². The smallest absolute Gasteiger partial charge is 0.335 e. The largest absolute Gasteiger partial charge is 0.478 e. The van der Waals surface area contributed by atoms with Crippen LogP contribution in [0.4, 0.5) is 0 Å². The van der Waals surface area contributed by atoms with Crippen molar-refractivity contribution in [1.29, 1.82) is 0 Å². The second kappa shape index (κ2) is 9.79. The number of piperidine rings is 1. The minimum atomic E-state index is -0.885. The summed E-state index contributed by atoms with van der Waals surface area (Å²) in [6, 6.07) is 18.0. The minimum Gasteiger partial charge on any atom is -0.478 e. The molecule has 2 N–H and O–H groups in total. The number of nitrogens with one attached hydrogen (secondary N) is 1. The van der Waals surface area contributed by atoms with Gasteiger partial charge in [0.15, 0.2) is 5.82 Å². The molecule has 188 valence electrons. The highest BCUT2D eigenvalue weighted by Gasteiger charge is 2.49. The molecule has 7 heteroatoms. The van der Waals surface area contributed by atoms with E-state index in [1.807, 2.05) is 12.1 Å². The van der Waals surface area contributed by atoms with Crippen molar-refractivity contribution in [1.82, 2.24) is 20.4 Å². The number of hydrogen-bond donors (Lipinski definition) is 2. The first-order chi connectivity index (χ1) is 17.6. The van der Waals surface area contributed by atoms with Crippen LogP contribution in [0.25, 0.3) is 0 Å². The molecule has 0 amide bonds. The molecule has 3 aromatic rings. The molecule has 1 unspecified atom stereocenters. The van der Waals surface area contributed by atoms with Gasteiger partial charge < -0.3 is 14.9 Å². The molecular formula is C29H34N4O3. The van der Waals surface area contributed by atoms with E-state index in [0.29, 0.717) is 17.4 Å². The molecule has 1 aromatic heterocycles. The van der Waals surface area contributed by atoms with Gasteiger partial charge in [0.05, 0.1) is 5.56 Å². The Morgan fingerprint density at radius 2 is 1.83 bits per heavy atom. The van der Waals surface area contributed by atoms with Crippen LogP contribution < -0.4 is 5.32 Å². The number of benzene rings is 2. The summed E-state index contributed by atoms with van der Waals surface area (Å²) < 4.78 is 5.77. The molecule has 0 radical (unpaired) electrons. The van der Waals surface area contributed by atoms with Crippen molar-refractivity contribution >= 4 is 5.97 Å². The highest BCUT2D eigenvalue weighted by Crippen LogP contribution is 2.49. The van der Waals surface area contributed by atoms with Crippen molar-refractivity contribution in [2.75, 3.05) is 26.2 Å². The third kappa shape index (κ3) is 5.08. The number of carboxylic acids is 1. The number of aromatic nitrogens is 2. The maximum atomic E-state index is 11.0. The normalized spacial score (nSPS) is 23.4. The molecule has 0 bridgehead atoms. The Kier molecular flexibility index (Phi) is 6.36. The van der Waals surface area contributed by atoms with Crippen molar-refractivity contribution in [2.45, 2.75) is 55.9 Å². The summed E-state index contributed by atoms with van der Waals surface area (Å²) in [6.07, 6.45) is 5.55. The second-order valence-electron chi connectivity index (χ2n) is 10.9. The molecule has 36 heavy (non-hydrogen) atoms. The van der Waals surface area contributed by atoms with Gasteiger partial charge in [0.1, 0.15) is 0 Å². The maximum Gasteiger partial charge on any atom is 0.335 e. The molecule has 2 aliphatic carbocycles. The molecule has 6 rings (SSSR count). The Bertz CT molecular complexity index is 1180. The van der Waals surface area contributed by atoms with E-state index in [0.717, 1.165) is 81.6 Å². The van der Waals surface area contributed by atoms with Gasteiger partial charge in [-0.05, 0) is 86.8 Å². The van der Waals surface area contributed by atoms with Gasteiger partial charge in [-0.2, -0.15) is 4.98 Å². The Morgan fingerprint density at radius 1 is 1.08 bits per heavy atom. The first-order valence-corrected chi connectivity index (χ1v) is 13.2. The van der Waals surface area contributed by atoms with Crippen LogP contribution in [-0.4, -0.2) is 52.3 Å². The first kappa shape index (κ1) is 23.4. The van der Waals surface area contributed by atoms with E-state index >= 15 is 0 Å². The number of hydrogen-bond acceptors (Lipinski definition) is 6. The van der Waals surface area contributed by atoms with Gasteiger partial charge in [-0.1, -0.05) is 47.6 Å². The lowest BCUT2D eigenvalue weighted by atomic mass is 9.96. The summed E-state index contributed by atoms with van der Waals surface area (Å²) in [5.74, 6) is 2.57. The second-order valence-corrected chi connectivity index (χ2v) is 10.9. The topological polar surface area (TPSA) is 91.5 Å². The average molecular weight is 487 g/mol. The first-order valence-electron chi connectivity index (χ1n) is 13.2. The van der Waals surface area contributed by atoms with Crippen LogP contribution in [0.1, 0.15) is 77.1 Å². The zero-order valence-electron chi connectivity index (χ0n) is 20.6.